The Morgan fingerprint density at radius 2 is 1.25 bits per heavy atom. The first-order valence-corrected chi connectivity index (χ1v) is 13.6. The van der Waals surface area contributed by atoms with Gasteiger partial charge in [-0.3, -0.25) is 19.2 Å². The zero-order valence-electron chi connectivity index (χ0n) is 23.5. The fourth-order valence-corrected chi connectivity index (χ4v) is 4.23. The van der Waals surface area contributed by atoms with Crippen molar-refractivity contribution in [2.75, 3.05) is 0 Å². The number of benzene rings is 2. The van der Waals surface area contributed by atoms with Crippen molar-refractivity contribution in [3.63, 3.8) is 0 Å². The van der Waals surface area contributed by atoms with Crippen LogP contribution >= 0.6 is 0 Å². The van der Waals surface area contributed by atoms with E-state index in [1.165, 1.54) is 48.9 Å². The summed E-state index contributed by atoms with van der Waals surface area (Å²) < 4.78 is 0. The number of aromatic amines is 1. The molecule has 0 radical (unpaired) electrons. The SMILES string of the molecule is NC(Cc1ccc(O)cc1)C(=O)NC(Cc1ccc(O)cc1)C(=O)NC(CCC(=O)O)C(=O)NC(Cc1cnc[nH]1)C(=O)O. The number of phenolic OH excluding ortho intramolecular Hbond substituents is 2. The quantitative estimate of drug-likeness (QED) is 0.101. The highest BCUT2D eigenvalue weighted by Crippen LogP contribution is 2.14. The van der Waals surface area contributed by atoms with E-state index in [-0.39, 0.29) is 37.2 Å². The van der Waals surface area contributed by atoms with Crippen LogP contribution in [0.3, 0.4) is 0 Å². The molecule has 15 nitrogen and oxygen atoms in total. The molecule has 0 fully saturated rings. The lowest BCUT2D eigenvalue weighted by Gasteiger charge is -2.25. The highest BCUT2D eigenvalue weighted by atomic mass is 16.4. The zero-order chi connectivity index (χ0) is 32.2. The number of carboxylic acids is 2. The summed E-state index contributed by atoms with van der Waals surface area (Å²) in [6.45, 7) is 0. The van der Waals surface area contributed by atoms with Crippen LogP contribution in [0.5, 0.6) is 11.5 Å². The van der Waals surface area contributed by atoms with Crippen molar-refractivity contribution in [3.8, 4) is 11.5 Å². The highest BCUT2D eigenvalue weighted by molar-refractivity contribution is 5.94. The van der Waals surface area contributed by atoms with Gasteiger partial charge in [0, 0.05) is 31.2 Å². The first-order valence-electron chi connectivity index (χ1n) is 13.6. The molecule has 0 bridgehead atoms. The van der Waals surface area contributed by atoms with Crippen molar-refractivity contribution in [2.45, 2.75) is 56.3 Å². The molecule has 4 atom stereocenters. The van der Waals surface area contributed by atoms with E-state index in [1.807, 2.05) is 0 Å². The third-order valence-electron chi connectivity index (χ3n) is 6.61. The van der Waals surface area contributed by atoms with E-state index in [1.54, 1.807) is 12.1 Å². The Morgan fingerprint density at radius 1 is 0.727 bits per heavy atom. The summed E-state index contributed by atoms with van der Waals surface area (Å²) in [5.41, 5.74) is 7.69. The molecule has 0 spiro atoms. The Bertz CT molecular complexity index is 1430. The van der Waals surface area contributed by atoms with E-state index in [0.29, 0.717) is 16.8 Å². The molecule has 0 saturated heterocycles. The lowest BCUT2D eigenvalue weighted by molar-refractivity contribution is -0.143. The monoisotopic (exact) mass is 610 g/mol. The maximum Gasteiger partial charge on any atom is 0.326 e. The van der Waals surface area contributed by atoms with Crippen LogP contribution in [-0.4, -0.2) is 84.2 Å². The summed E-state index contributed by atoms with van der Waals surface area (Å²) >= 11 is 0. The lowest BCUT2D eigenvalue weighted by Crippen LogP contribution is -2.58. The van der Waals surface area contributed by atoms with E-state index in [0.717, 1.165) is 0 Å². The van der Waals surface area contributed by atoms with Gasteiger partial charge < -0.3 is 47.1 Å². The Balaban J connectivity index is 1.78. The van der Waals surface area contributed by atoms with Crippen LogP contribution in [0.1, 0.15) is 29.7 Å². The maximum atomic E-state index is 13.5. The van der Waals surface area contributed by atoms with Gasteiger partial charge in [0.15, 0.2) is 0 Å². The van der Waals surface area contributed by atoms with Crippen LogP contribution < -0.4 is 21.7 Å². The average molecular weight is 611 g/mol. The average Bonchev–Trinajstić information content (AvgIpc) is 3.49. The van der Waals surface area contributed by atoms with Gasteiger partial charge in [0.2, 0.25) is 17.7 Å². The Hall–Kier alpha value is -5.44. The van der Waals surface area contributed by atoms with Gasteiger partial charge in [-0.2, -0.15) is 0 Å². The van der Waals surface area contributed by atoms with Crippen LogP contribution in [0.15, 0.2) is 61.1 Å². The smallest absolute Gasteiger partial charge is 0.326 e. The number of H-pyrrole nitrogens is 1. The largest absolute Gasteiger partial charge is 0.508 e. The third kappa shape index (κ3) is 10.4. The van der Waals surface area contributed by atoms with Crippen LogP contribution in [0, 0.1) is 0 Å². The normalized spacial score (nSPS) is 13.6. The standard InChI is InChI=1S/C29H34N6O9/c30-21(11-16-1-5-19(36)6-2-16)26(40)34-23(12-17-3-7-20(37)8-4-17)28(42)33-22(9-10-25(38)39)27(41)35-24(29(43)44)13-18-14-31-15-32-18/h1-8,14-15,21-24,36-37H,9-13,30H2,(H,31,32)(H,33,42)(H,34,40)(H,35,41)(H,38,39)(H,43,44). The number of carbonyl (C=O) groups excluding carboxylic acids is 3. The molecular weight excluding hydrogens is 576 g/mol. The van der Waals surface area contributed by atoms with Crippen molar-refractivity contribution in [3.05, 3.63) is 77.9 Å². The number of amides is 3. The van der Waals surface area contributed by atoms with Gasteiger partial charge in [0.05, 0.1) is 12.4 Å². The van der Waals surface area contributed by atoms with Gasteiger partial charge in [-0.1, -0.05) is 24.3 Å². The number of phenols is 2. The Morgan fingerprint density at radius 3 is 1.77 bits per heavy atom. The van der Waals surface area contributed by atoms with Crippen molar-refractivity contribution in [1.82, 2.24) is 25.9 Å². The molecule has 4 unspecified atom stereocenters. The van der Waals surface area contributed by atoms with E-state index in [9.17, 15) is 44.4 Å². The van der Waals surface area contributed by atoms with Crippen molar-refractivity contribution in [2.24, 2.45) is 5.73 Å². The van der Waals surface area contributed by atoms with Crippen molar-refractivity contribution < 1.29 is 44.4 Å². The minimum atomic E-state index is -1.47. The summed E-state index contributed by atoms with van der Waals surface area (Å²) in [6.07, 6.45) is 1.66. The van der Waals surface area contributed by atoms with Crippen LogP contribution in [-0.2, 0) is 43.2 Å². The lowest BCUT2D eigenvalue weighted by atomic mass is 10.0. The van der Waals surface area contributed by atoms with Crippen molar-refractivity contribution >= 4 is 29.7 Å². The highest BCUT2D eigenvalue weighted by Gasteiger charge is 2.31. The number of nitrogens with one attached hydrogen (secondary N) is 4. The van der Waals surface area contributed by atoms with Gasteiger partial charge in [-0.15, -0.1) is 0 Å². The summed E-state index contributed by atoms with van der Waals surface area (Å²) in [5, 5.41) is 45.3. The van der Waals surface area contributed by atoms with E-state index >= 15 is 0 Å². The number of hydrogen-bond donors (Lipinski definition) is 9. The summed E-state index contributed by atoms with van der Waals surface area (Å²) in [5.74, 6) is -5.10. The number of rotatable bonds is 16. The maximum absolute atomic E-state index is 13.5. The molecule has 1 heterocycles. The number of aromatic nitrogens is 2. The Labute approximate surface area is 251 Å². The van der Waals surface area contributed by atoms with Crippen LogP contribution in [0.4, 0.5) is 0 Å². The molecule has 44 heavy (non-hydrogen) atoms. The topological polar surface area (TPSA) is 257 Å². The molecule has 3 rings (SSSR count). The number of aromatic hydroxyl groups is 2. The second-order valence-electron chi connectivity index (χ2n) is 10.1. The molecule has 0 aliphatic carbocycles. The van der Waals surface area contributed by atoms with E-state index in [2.05, 4.69) is 25.9 Å². The van der Waals surface area contributed by atoms with E-state index in [4.69, 9.17) is 5.73 Å². The Kier molecular flexibility index (Phi) is 11.8. The fourth-order valence-electron chi connectivity index (χ4n) is 4.23. The second kappa shape index (κ2) is 15.7. The summed E-state index contributed by atoms with van der Waals surface area (Å²) in [6, 6.07) is 6.61. The molecule has 0 aliphatic heterocycles. The molecule has 15 heteroatoms. The first-order chi connectivity index (χ1) is 20.9. The summed E-state index contributed by atoms with van der Waals surface area (Å²) in [7, 11) is 0. The first kappa shape index (κ1) is 33.1. The number of carboxylic acid groups (broad SMARTS) is 2. The molecule has 3 aromatic rings. The second-order valence-corrected chi connectivity index (χ2v) is 10.1. The number of nitrogens with zero attached hydrogens (tertiary/aromatic N) is 1. The third-order valence-corrected chi connectivity index (χ3v) is 6.61. The molecule has 2 aromatic carbocycles. The zero-order valence-corrected chi connectivity index (χ0v) is 23.5. The summed E-state index contributed by atoms with van der Waals surface area (Å²) in [4.78, 5) is 69.3. The van der Waals surface area contributed by atoms with Gasteiger partial charge in [0.25, 0.3) is 0 Å². The minimum absolute atomic E-state index is 0.0248. The van der Waals surface area contributed by atoms with Gasteiger partial charge >= 0.3 is 11.9 Å². The van der Waals surface area contributed by atoms with Crippen LogP contribution in [0.25, 0.3) is 0 Å². The molecule has 1 aromatic heterocycles. The molecule has 3 amide bonds. The molecule has 0 saturated carbocycles. The fraction of sp³-hybridized carbons (Fsp3) is 0.310. The number of aliphatic carboxylic acids is 2. The number of carbonyl (C=O) groups is 5. The molecule has 234 valence electrons. The minimum Gasteiger partial charge on any atom is -0.508 e. The van der Waals surface area contributed by atoms with Gasteiger partial charge in [-0.25, -0.2) is 9.78 Å². The molecule has 10 N–H and O–H groups in total. The van der Waals surface area contributed by atoms with Crippen molar-refractivity contribution in [1.29, 1.82) is 0 Å². The molecule has 0 aliphatic rings. The molecular formula is C29H34N6O9. The van der Waals surface area contributed by atoms with E-state index < -0.39 is 60.2 Å². The number of hydrogen-bond acceptors (Lipinski definition) is 9. The number of nitrogens with two attached hydrogens (primary N) is 1. The predicted octanol–water partition coefficient (Wildman–Crippen LogP) is -0.420. The predicted molar refractivity (Wildman–Crippen MR) is 154 cm³/mol. The van der Waals surface area contributed by atoms with Gasteiger partial charge in [0.1, 0.15) is 29.6 Å². The number of imidazole rings is 1. The van der Waals surface area contributed by atoms with Crippen LogP contribution in [0.2, 0.25) is 0 Å². The van der Waals surface area contributed by atoms with Gasteiger partial charge in [-0.05, 0) is 48.2 Å².